The molecule has 1 heterocycles. The van der Waals surface area contributed by atoms with Gasteiger partial charge in [-0.05, 0) is 64.0 Å². The third-order valence-corrected chi connectivity index (χ3v) is 5.06. The SMILES string of the molecule is COc1cc(/C=C(/C#N)c2nc(-c3ccc(F)cc3)cs2)cc(Br)c1O. The van der Waals surface area contributed by atoms with E-state index in [4.69, 9.17) is 4.74 Å². The third kappa shape index (κ3) is 3.77. The summed E-state index contributed by atoms with van der Waals surface area (Å²) in [5.74, 6) is -0.0151. The predicted molar refractivity (Wildman–Crippen MR) is 103 cm³/mol. The monoisotopic (exact) mass is 430 g/mol. The summed E-state index contributed by atoms with van der Waals surface area (Å²) in [4.78, 5) is 4.47. The molecular formula is C19H12BrFN2O2S. The van der Waals surface area contributed by atoms with E-state index in [1.165, 1.54) is 30.6 Å². The zero-order valence-electron chi connectivity index (χ0n) is 13.5. The first-order valence-corrected chi connectivity index (χ1v) is 9.09. The Labute approximate surface area is 162 Å². The third-order valence-electron chi connectivity index (χ3n) is 3.58. The van der Waals surface area contributed by atoms with Crippen molar-refractivity contribution in [2.24, 2.45) is 0 Å². The number of rotatable bonds is 4. The maximum absolute atomic E-state index is 13.1. The van der Waals surface area contributed by atoms with E-state index < -0.39 is 0 Å². The Morgan fingerprint density at radius 1 is 1.35 bits per heavy atom. The van der Waals surface area contributed by atoms with Gasteiger partial charge in [-0.15, -0.1) is 11.3 Å². The molecule has 0 aliphatic carbocycles. The van der Waals surface area contributed by atoms with E-state index in [-0.39, 0.29) is 11.6 Å². The molecule has 0 aliphatic heterocycles. The van der Waals surface area contributed by atoms with E-state index in [0.717, 1.165) is 5.56 Å². The number of methoxy groups -OCH3 is 1. The van der Waals surface area contributed by atoms with Crippen molar-refractivity contribution in [3.8, 4) is 28.8 Å². The van der Waals surface area contributed by atoms with Gasteiger partial charge in [0.25, 0.3) is 0 Å². The lowest BCUT2D eigenvalue weighted by Crippen LogP contribution is -1.87. The minimum atomic E-state index is -0.311. The number of benzene rings is 2. The summed E-state index contributed by atoms with van der Waals surface area (Å²) in [6.07, 6.45) is 1.67. The second-order valence-corrected chi connectivity index (χ2v) is 6.98. The molecule has 0 saturated carbocycles. The Kier molecular flexibility index (Phi) is 5.35. The highest BCUT2D eigenvalue weighted by atomic mass is 79.9. The summed E-state index contributed by atoms with van der Waals surface area (Å²) >= 11 is 4.59. The van der Waals surface area contributed by atoms with Gasteiger partial charge in [0.1, 0.15) is 16.9 Å². The maximum Gasteiger partial charge on any atom is 0.172 e. The maximum atomic E-state index is 13.1. The summed E-state index contributed by atoms with van der Waals surface area (Å²) in [6, 6.07) is 11.5. The largest absolute Gasteiger partial charge is 0.503 e. The second kappa shape index (κ2) is 7.68. The first-order chi connectivity index (χ1) is 12.5. The van der Waals surface area contributed by atoms with Gasteiger partial charge >= 0.3 is 0 Å². The Bertz CT molecular complexity index is 1020. The van der Waals surface area contributed by atoms with Gasteiger partial charge < -0.3 is 9.84 Å². The van der Waals surface area contributed by atoms with Crippen molar-refractivity contribution in [2.75, 3.05) is 7.11 Å². The molecule has 0 spiro atoms. The zero-order valence-corrected chi connectivity index (χ0v) is 15.9. The van der Waals surface area contributed by atoms with Crippen molar-refractivity contribution < 1.29 is 14.2 Å². The quantitative estimate of drug-likeness (QED) is 0.555. The van der Waals surface area contributed by atoms with E-state index >= 15 is 0 Å². The molecule has 2 aromatic carbocycles. The first kappa shape index (κ1) is 18.1. The number of aromatic hydroxyl groups is 1. The molecule has 3 aromatic rings. The molecule has 0 bridgehead atoms. The molecule has 0 unspecified atom stereocenters. The number of phenolic OH excluding ortho intramolecular Hbond substituents is 1. The lowest BCUT2D eigenvalue weighted by molar-refractivity contribution is 0.372. The molecule has 0 saturated heterocycles. The number of nitrogens with zero attached hydrogens (tertiary/aromatic N) is 2. The highest BCUT2D eigenvalue weighted by Gasteiger charge is 2.12. The summed E-state index contributed by atoms with van der Waals surface area (Å²) in [6.45, 7) is 0. The molecule has 7 heteroatoms. The van der Waals surface area contributed by atoms with Crippen molar-refractivity contribution >= 4 is 38.9 Å². The van der Waals surface area contributed by atoms with Crippen LogP contribution in [-0.2, 0) is 0 Å². The Hall–Kier alpha value is -2.69. The van der Waals surface area contributed by atoms with Gasteiger partial charge in [0, 0.05) is 10.9 Å². The van der Waals surface area contributed by atoms with Gasteiger partial charge in [-0.3, -0.25) is 0 Å². The van der Waals surface area contributed by atoms with Crippen LogP contribution in [0.1, 0.15) is 10.6 Å². The number of halogens is 2. The lowest BCUT2D eigenvalue weighted by atomic mass is 10.1. The van der Waals surface area contributed by atoms with Crippen LogP contribution in [0.3, 0.4) is 0 Å². The summed E-state index contributed by atoms with van der Waals surface area (Å²) < 4.78 is 18.6. The molecule has 0 radical (unpaired) electrons. The standard InChI is InChI=1S/C19H12BrFN2O2S/c1-25-17-8-11(7-15(20)18(17)24)6-13(9-22)19-23-16(10-26-19)12-2-4-14(21)5-3-12/h2-8,10,24H,1H3/b13-6-. The van der Waals surface area contributed by atoms with Crippen LogP contribution in [-0.4, -0.2) is 17.2 Å². The van der Waals surface area contributed by atoms with Crippen molar-refractivity contribution in [1.82, 2.24) is 4.98 Å². The van der Waals surface area contributed by atoms with Crippen LogP contribution in [0.15, 0.2) is 46.3 Å². The number of phenols is 1. The molecular weight excluding hydrogens is 419 g/mol. The average molecular weight is 431 g/mol. The van der Waals surface area contributed by atoms with Crippen LogP contribution in [0.2, 0.25) is 0 Å². The molecule has 1 aromatic heterocycles. The predicted octanol–water partition coefficient (Wildman–Crippen LogP) is 5.49. The molecule has 26 heavy (non-hydrogen) atoms. The second-order valence-electron chi connectivity index (χ2n) is 5.27. The Balaban J connectivity index is 1.97. The zero-order chi connectivity index (χ0) is 18.7. The molecule has 0 fully saturated rings. The van der Waals surface area contributed by atoms with Gasteiger partial charge in [-0.25, -0.2) is 9.37 Å². The van der Waals surface area contributed by atoms with Crippen molar-refractivity contribution in [2.45, 2.75) is 0 Å². The Morgan fingerprint density at radius 2 is 2.08 bits per heavy atom. The van der Waals surface area contributed by atoms with Gasteiger partial charge in [0.15, 0.2) is 11.5 Å². The summed E-state index contributed by atoms with van der Waals surface area (Å²) in [5.41, 5.74) is 2.51. The van der Waals surface area contributed by atoms with Crippen molar-refractivity contribution in [1.29, 1.82) is 5.26 Å². The van der Waals surface area contributed by atoms with Crippen LogP contribution < -0.4 is 4.74 Å². The van der Waals surface area contributed by atoms with Crippen LogP contribution in [0, 0.1) is 17.1 Å². The fraction of sp³-hybridized carbons (Fsp3) is 0.0526. The number of hydrogen-bond acceptors (Lipinski definition) is 5. The lowest BCUT2D eigenvalue weighted by Gasteiger charge is -2.06. The van der Waals surface area contributed by atoms with Gasteiger partial charge in [0.05, 0.1) is 22.8 Å². The molecule has 130 valence electrons. The summed E-state index contributed by atoms with van der Waals surface area (Å²) in [7, 11) is 1.45. The number of aromatic nitrogens is 1. The average Bonchev–Trinajstić information content (AvgIpc) is 3.13. The van der Waals surface area contributed by atoms with Gasteiger partial charge in [0.2, 0.25) is 0 Å². The Morgan fingerprint density at radius 3 is 2.73 bits per heavy atom. The summed E-state index contributed by atoms with van der Waals surface area (Å²) in [5, 5.41) is 21.8. The molecule has 0 atom stereocenters. The molecule has 4 nitrogen and oxygen atoms in total. The molecule has 0 aliphatic rings. The molecule has 3 rings (SSSR count). The van der Waals surface area contributed by atoms with Crippen LogP contribution >= 0.6 is 27.3 Å². The minimum Gasteiger partial charge on any atom is -0.503 e. The minimum absolute atomic E-state index is 0.00370. The van der Waals surface area contributed by atoms with E-state index in [0.29, 0.717) is 32.1 Å². The van der Waals surface area contributed by atoms with Crippen LogP contribution in [0.5, 0.6) is 11.5 Å². The molecule has 1 N–H and O–H groups in total. The van der Waals surface area contributed by atoms with Gasteiger partial charge in [-0.1, -0.05) is 0 Å². The van der Waals surface area contributed by atoms with E-state index in [1.807, 2.05) is 5.38 Å². The van der Waals surface area contributed by atoms with Crippen LogP contribution in [0.25, 0.3) is 22.9 Å². The normalized spacial score (nSPS) is 11.2. The van der Waals surface area contributed by atoms with Crippen molar-refractivity contribution in [3.63, 3.8) is 0 Å². The number of thiazole rings is 1. The van der Waals surface area contributed by atoms with E-state index in [1.54, 1.807) is 30.3 Å². The highest BCUT2D eigenvalue weighted by molar-refractivity contribution is 9.10. The van der Waals surface area contributed by atoms with Crippen molar-refractivity contribution in [3.05, 3.63) is 62.6 Å². The van der Waals surface area contributed by atoms with E-state index in [9.17, 15) is 14.8 Å². The topological polar surface area (TPSA) is 66.1 Å². The number of hydrogen-bond donors (Lipinski definition) is 1. The first-order valence-electron chi connectivity index (χ1n) is 7.42. The fourth-order valence-electron chi connectivity index (χ4n) is 2.29. The number of nitriles is 1. The molecule has 0 amide bonds. The van der Waals surface area contributed by atoms with Crippen LogP contribution in [0.4, 0.5) is 4.39 Å². The highest BCUT2D eigenvalue weighted by Crippen LogP contribution is 2.36. The van der Waals surface area contributed by atoms with Gasteiger partial charge in [-0.2, -0.15) is 5.26 Å². The number of ether oxygens (including phenoxy) is 1. The smallest absolute Gasteiger partial charge is 0.172 e. The number of allylic oxidation sites excluding steroid dienone is 1. The fourth-order valence-corrected chi connectivity index (χ4v) is 3.55. The van der Waals surface area contributed by atoms with E-state index in [2.05, 4.69) is 27.0 Å².